The van der Waals surface area contributed by atoms with Gasteiger partial charge in [0.15, 0.2) is 17.7 Å². The van der Waals surface area contributed by atoms with Gasteiger partial charge in [-0.1, -0.05) is 36.0 Å². The van der Waals surface area contributed by atoms with Crippen molar-refractivity contribution in [2.24, 2.45) is 0 Å². The molecule has 39 heavy (non-hydrogen) atoms. The molecule has 6 rings (SSSR count). The van der Waals surface area contributed by atoms with Gasteiger partial charge in [-0.15, -0.1) is 0 Å². The van der Waals surface area contributed by atoms with Gasteiger partial charge in [0, 0.05) is 5.75 Å². The van der Waals surface area contributed by atoms with E-state index in [1.54, 1.807) is 25.2 Å². The Hall–Kier alpha value is -3.22. The van der Waals surface area contributed by atoms with Crippen LogP contribution in [0.3, 0.4) is 0 Å². The van der Waals surface area contributed by atoms with Gasteiger partial charge in [0.1, 0.15) is 53.3 Å². The van der Waals surface area contributed by atoms with E-state index in [1.807, 2.05) is 66.9 Å². The molecular weight excluding hydrogens is 520 g/mol. The standard InChI is InChI=1S/C28H30N4O6S/c1-28(2)37-23-21(12-33)36-27(24(23)38-28)32-16-31-22-25(32)29-15-30-26(22)39-14-18-6-10-20(11-7-18)35-13-17-4-8-19(34-3)9-5-17/h4-11,15-16,21,23-24,27,33H,12-14H2,1-3H3/t21-,23+,24?,27-/m1/s1. The van der Waals surface area contributed by atoms with E-state index >= 15 is 0 Å². The summed E-state index contributed by atoms with van der Waals surface area (Å²) in [4.78, 5) is 13.6. The molecule has 10 nitrogen and oxygen atoms in total. The Kier molecular flexibility index (Phi) is 7.17. The second-order valence-electron chi connectivity index (χ2n) is 9.88. The molecule has 0 amide bonds. The number of hydrogen-bond acceptors (Lipinski definition) is 10. The van der Waals surface area contributed by atoms with E-state index in [4.69, 9.17) is 23.7 Å². The van der Waals surface area contributed by atoms with Crippen LogP contribution in [0.25, 0.3) is 11.2 Å². The van der Waals surface area contributed by atoms with Gasteiger partial charge >= 0.3 is 0 Å². The van der Waals surface area contributed by atoms with Gasteiger partial charge in [-0.05, 0) is 49.2 Å². The molecule has 4 heterocycles. The van der Waals surface area contributed by atoms with Gasteiger partial charge in [0.05, 0.1) is 20.0 Å². The highest BCUT2D eigenvalue weighted by molar-refractivity contribution is 7.98. The molecule has 0 aliphatic carbocycles. The van der Waals surface area contributed by atoms with Gasteiger partial charge in [0.2, 0.25) is 0 Å². The molecule has 2 aromatic heterocycles. The highest BCUT2D eigenvalue weighted by Crippen LogP contribution is 2.43. The molecule has 0 spiro atoms. The quantitative estimate of drug-likeness (QED) is 0.241. The van der Waals surface area contributed by atoms with Crippen molar-refractivity contribution in [1.82, 2.24) is 19.5 Å². The average Bonchev–Trinajstić information content (AvgIpc) is 3.62. The number of imidazole rings is 1. The number of fused-ring (bicyclic) bond motifs is 2. The first kappa shape index (κ1) is 26.0. The summed E-state index contributed by atoms with van der Waals surface area (Å²) in [6.07, 6.45) is 1.46. The Morgan fingerprint density at radius 1 is 0.949 bits per heavy atom. The summed E-state index contributed by atoms with van der Waals surface area (Å²) in [6.45, 7) is 4.05. The average molecular weight is 551 g/mol. The van der Waals surface area contributed by atoms with E-state index in [1.165, 1.54) is 6.33 Å². The summed E-state index contributed by atoms with van der Waals surface area (Å²) in [7, 11) is 1.65. The maximum atomic E-state index is 9.82. The van der Waals surface area contributed by atoms with E-state index in [9.17, 15) is 5.11 Å². The molecule has 4 atom stereocenters. The molecule has 4 aromatic rings. The molecule has 2 aliphatic heterocycles. The van der Waals surface area contributed by atoms with Gasteiger partial charge in [-0.2, -0.15) is 0 Å². The van der Waals surface area contributed by atoms with Crippen LogP contribution in [0.5, 0.6) is 11.5 Å². The molecule has 1 unspecified atom stereocenters. The van der Waals surface area contributed by atoms with Gasteiger partial charge < -0.3 is 28.8 Å². The van der Waals surface area contributed by atoms with Crippen LogP contribution in [0.2, 0.25) is 0 Å². The summed E-state index contributed by atoms with van der Waals surface area (Å²) in [5, 5.41) is 10.6. The van der Waals surface area contributed by atoms with Gasteiger partial charge in [-0.3, -0.25) is 4.57 Å². The molecule has 2 aromatic carbocycles. The predicted molar refractivity (Wildman–Crippen MR) is 143 cm³/mol. The Bertz CT molecular complexity index is 1430. The van der Waals surface area contributed by atoms with Gasteiger partial charge in [-0.25, -0.2) is 15.0 Å². The van der Waals surface area contributed by atoms with Crippen molar-refractivity contribution >= 4 is 22.9 Å². The molecule has 204 valence electrons. The third-order valence-electron chi connectivity index (χ3n) is 6.77. The molecule has 1 N–H and O–H groups in total. The number of rotatable bonds is 9. The number of aliphatic hydroxyl groups is 1. The zero-order valence-electron chi connectivity index (χ0n) is 21.9. The van der Waals surface area contributed by atoms with Crippen LogP contribution in [0.15, 0.2) is 66.2 Å². The molecule has 0 saturated carbocycles. The van der Waals surface area contributed by atoms with Gasteiger partial charge in [0.25, 0.3) is 0 Å². The number of thioether (sulfide) groups is 1. The Morgan fingerprint density at radius 2 is 1.67 bits per heavy atom. The maximum Gasteiger partial charge on any atom is 0.166 e. The van der Waals surface area contributed by atoms with Crippen LogP contribution in [0, 0.1) is 0 Å². The van der Waals surface area contributed by atoms with Crippen molar-refractivity contribution in [3.05, 3.63) is 72.3 Å². The summed E-state index contributed by atoms with van der Waals surface area (Å²) in [5.41, 5.74) is 3.54. The normalized spacial score (nSPS) is 23.7. The lowest BCUT2D eigenvalue weighted by atomic mass is 10.1. The number of hydrogen-bond donors (Lipinski definition) is 1. The van der Waals surface area contributed by atoms with Crippen molar-refractivity contribution in [2.45, 2.75) is 61.6 Å². The fourth-order valence-corrected chi connectivity index (χ4v) is 5.77. The molecule has 11 heteroatoms. The van der Waals surface area contributed by atoms with Crippen LogP contribution in [-0.4, -0.2) is 62.4 Å². The van der Waals surface area contributed by atoms with Crippen LogP contribution in [-0.2, 0) is 26.6 Å². The summed E-state index contributed by atoms with van der Waals surface area (Å²) in [6, 6.07) is 15.9. The molecular formula is C28H30N4O6S. The Balaban J connectivity index is 1.11. The first-order valence-electron chi connectivity index (χ1n) is 12.7. The fourth-order valence-electron chi connectivity index (χ4n) is 4.87. The number of aliphatic hydroxyl groups excluding tert-OH is 1. The second kappa shape index (κ2) is 10.7. The summed E-state index contributed by atoms with van der Waals surface area (Å²) < 4.78 is 31.2. The summed E-state index contributed by atoms with van der Waals surface area (Å²) in [5.74, 6) is 1.58. The minimum Gasteiger partial charge on any atom is -0.497 e. The van der Waals surface area contributed by atoms with E-state index in [-0.39, 0.29) is 18.8 Å². The largest absolute Gasteiger partial charge is 0.497 e. The third-order valence-corrected chi connectivity index (χ3v) is 7.82. The van der Waals surface area contributed by atoms with Crippen molar-refractivity contribution in [1.29, 1.82) is 0 Å². The zero-order valence-corrected chi connectivity index (χ0v) is 22.7. The molecule has 0 radical (unpaired) electrons. The molecule has 2 fully saturated rings. The molecule has 2 saturated heterocycles. The van der Waals surface area contributed by atoms with Crippen LogP contribution in [0.1, 0.15) is 31.2 Å². The lowest BCUT2D eigenvalue weighted by Crippen LogP contribution is -2.31. The van der Waals surface area contributed by atoms with E-state index < -0.39 is 18.1 Å². The first-order chi connectivity index (χ1) is 18.9. The van der Waals surface area contributed by atoms with Crippen LogP contribution in [0.4, 0.5) is 0 Å². The Morgan fingerprint density at radius 3 is 2.41 bits per heavy atom. The van der Waals surface area contributed by atoms with Crippen molar-refractivity contribution in [2.75, 3.05) is 13.7 Å². The maximum absolute atomic E-state index is 9.82. The SMILES string of the molecule is COc1ccc(COc2ccc(CSc3ncnc4c3ncn4[C@@H]3O[C@H](CO)[C@@H]4OC(C)(C)OC43)cc2)cc1. The number of aromatic nitrogens is 4. The summed E-state index contributed by atoms with van der Waals surface area (Å²) >= 11 is 1.59. The fraction of sp³-hybridized carbons (Fsp3) is 0.393. The topological polar surface area (TPSA) is 110 Å². The number of ether oxygens (including phenoxy) is 5. The highest BCUT2D eigenvalue weighted by Gasteiger charge is 2.56. The predicted octanol–water partition coefficient (Wildman–Crippen LogP) is 4.12. The number of methoxy groups -OCH3 is 1. The smallest absolute Gasteiger partial charge is 0.166 e. The molecule has 2 aliphatic rings. The van der Waals surface area contributed by atoms with Crippen LogP contribution >= 0.6 is 11.8 Å². The Labute approximate surface area is 230 Å². The lowest BCUT2D eigenvalue weighted by molar-refractivity contribution is -0.199. The van der Waals surface area contributed by atoms with Crippen molar-refractivity contribution < 1.29 is 28.8 Å². The second-order valence-corrected chi connectivity index (χ2v) is 10.8. The van der Waals surface area contributed by atoms with E-state index in [0.29, 0.717) is 23.5 Å². The first-order valence-corrected chi connectivity index (χ1v) is 13.7. The van der Waals surface area contributed by atoms with Crippen molar-refractivity contribution in [3.63, 3.8) is 0 Å². The van der Waals surface area contributed by atoms with Crippen molar-refractivity contribution in [3.8, 4) is 11.5 Å². The minimum atomic E-state index is -0.757. The molecule has 0 bridgehead atoms. The highest BCUT2D eigenvalue weighted by atomic mass is 32.2. The number of benzene rings is 2. The van der Waals surface area contributed by atoms with Crippen LogP contribution < -0.4 is 9.47 Å². The zero-order chi connectivity index (χ0) is 27.0. The third kappa shape index (κ3) is 5.32. The van der Waals surface area contributed by atoms with E-state index in [0.717, 1.165) is 27.7 Å². The monoisotopic (exact) mass is 550 g/mol. The van der Waals surface area contributed by atoms with E-state index in [2.05, 4.69) is 15.0 Å². The number of nitrogens with zero attached hydrogens (tertiary/aromatic N) is 4. The minimum absolute atomic E-state index is 0.162. The lowest BCUT2D eigenvalue weighted by Gasteiger charge is -2.24.